The molecule has 1 atom stereocenters. The first-order valence-electron chi connectivity index (χ1n) is 11.6. The van der Waals surface area contributed by atoms with Crippen molar-refractivity contribution < 1.29 is 14.3 Å². The lowest BCUT2D eigenvalue weighted by Crippen LogP contribution is -2.33. The molecule has 1 aromatic heterocycles. The summed E-state index contributed by atoms with van der Waals surface area (Å²) in [5.41, 5.74) is 3.46. The molecule has 0 fully saturated rings. The number of nitrogens with zero attached hydrogens (tertiary/aromatic N) is 3. The summed E-state index contributed by atoms with van der Waals surface area (Å²) in [5.74, 6) is 1.34. The summed E-state index contributed by atoms with van der Waals surface area (Å²) in [7, 11) is 1.59. The molecule has 0 aliphatic heterocycles. The number of thioether (sulfide) groups is 1. The van der Waals surface area contributed by atoms with Crippen LogP contribution in [0.1, 0.15) is 54.1 Å². The molecule has 0 radical (unpaired) electrons. The number of nitrogens with one attached hydrogen (secondary N) is 2. The Morgan fingerprint density at radius 2 is 1.80 bits per heavy atom. The van der Waals surface area contributed by atoms with Gasteiger partial charge in [-0.3, -0.25) is 9.59 Å². The van der Waals surface area contributed by atoms with E-state index in [9.17, 15) is 9.59 Å². The maximum atomic E-state index is 12.9. The second-order valence-corrected chi connectivity index (χ2v) is 9.61. The molecule has 1 unspecified atom stereocenters. The summed E-state index contributed by atoms with van der Waals surface area (Å²) >= 11 is 1.33. The van der Waals surface area contributed by atoms with Gasteiger partial charge < -0.3 is 19.9 Å². The van der Waals surface area contributed by atoms with E-state index >= 15 is 0 Å². The van der Waals surface area contributed by atoms with Gasteiger partial charge in [-0.1, -0.05) is 37.7 Å². The largest absolute Gasteiger partial charge is 0.497 e. The number of benzene rings is 2. The monoisotopic (exact) mass is 495 g/mol. The van der Waals surface area contributed by atoms with Crippen molar-refractivity contribution in [2.75, 3.05) is 18.2 Å². The van der Waals surface area contributed by atoms with E-state index in [0.717, 1.165) is 16.8 Å². The molecular weight excluding hydrogens is 462 g/mol. The number of carbonyl (C=O) groups excluding carboxylic acids is 2. The highest BCUT2D eigenvalue weighted by Crippen LogP contribution is 2.26. The third kappa shape index (κ3) is 6.63. The molecule has 8 nitrogen and oxygen atoms in total. The second-order valence-electron chi connectivity index (χ2n) is 8.66. The molecule has 9 heteroatoms. The molecule has 3 rings (SSSR count). The predicted octanol–water partition coefficient (Wildman–Crippen LogP) is 4.78. The standard InChI is InChI=1S/C26H33N5O3S/c1-7-31-24(23(16(2)3)28-25(33)19-10-12-20(34-6)13-11-19)29-30-26(31)35-15-22(32)27-21-14-17(4)8-9-18(21)5/h8-14,16,23H,7,15H2,1-6H3,(H,27,32)(H,28,33). The Bertz CT molecular complexity index is 1170. The third-order valence-electron chi connectivity index (χ3n) is 5.64. The molecule has 2 N–H and O–H groups in total. The third-order valence-corrected chi connectivity index (χ3v) is 6.61. The number of rotatable bonds is 10. The molecule has 1 heterocycles. The number of methoxy groups -OCH3 is 1. The quantitative estimate of drug-likeness (QED) is 0.393. The van der Waals surface area contributed by atoms with E-state index in [1.54, 1.807) is 31.4 Å². The van der Waals surface area contributed by atoms with Gasteiger partial charge in [0.05, 0.1) is 18.9 Å². The number of aromatic nitrogens is 3. The van der Waals surface area contributed by atoms with E-state index < -0.39 is 0 Å². The van der Waals surface area contributed by atoms with Crippen molar-refractivity contribution in [3.8, 4) is 5.75 Å². The van der Waals surface area contributed by atoms with Crippen LogP contribution in [-0.2, 0) is 11.3 Å². The molecule has 186 valence electrons. The van der Waals surface area contributed by atoms with Gasteiger partial charge in [-0.25, -0.2) is 0 Å². The molecule has 0 bridgehead atoms. The van der Waals surface area contributed by atoms with E-state index in [1.165, 1.54) is 11.8 Å². The van der Waals surface area contributed by atoms with Crippen molar-refractivity contribution in [2.45, 2.75) is 52.4 Å². The lowest BCUT2D eigenvalue weighted by Gasteiger charge is -2.22. The van der Waals surface area contributed by atoms with Gasteiger partial charge in [-0.15, -0.1) is 10.2 Å². The van der Waals surface area contributed by atoms with E-state index in [2.05, 4.69) is 20.8 Å². The van der Waals surface area contributed by atoms with Crippen LogP contribution in [0.25, 0.3) is 0 Å². The Morgan fingerprint density at radius 3 is 2.43 bits per heavy atom. The first-order chi connectivity index (χ1) is 16.7. The van der Waals surface area contributed by atoms with Crippen molar-refractivity contribution in [3.05, 3.63) is 65.0 Å². The summed E-state index contributed by atoms with van der Waals surface area (Å²) < 4.78 is 7.12. The molecule has 0 aliphatic carbocycles. The lowest BCUT2D eigenvalue weighted by atomic mass is 10.0. The van der Waals surface area contributed by atoms with Gasteiger partial charge in [-0.05, 0) is 68.1 Å². The Kier molecular flexibility index (Phi) is 8.92. The number of aryl methyl sites for hydroxylation is 2. The smallest absolute Gasteiger partial charge is 0.251 e. The summed E-state index contributed by atoms with van der Waals surface area (Å²) in [6.07, 6.45) is 0. The van der Waals surface area contributed by atoms with Gasteiger partial charge in [-0.2, -0.15) is 0 Å². The van der Waals surface area contributed by atoms with Crippen LogP contribution in [0, 0.1) is 19.8 Å². The summed E-state index contributed by atoms with van der Waals surface area (Å²) in [5, 5.41) is 15.4. The number of anilines is 1. The van der Waals surface area contributed by atoms with Gasteiger partial charge in [0.15, 0.2) is 11.0 Å². The maximum absolute atomic E-state index is 12.9. The summed E-state index contributed by atoms with van der Waals surface area (Å²) in [6, 6.07) is 12.6. The number of ether oxygens (including phenoxy) is 1. The Morgan fingerprint density at radius 1 is 1.09 bits per heavy atom. The van der Waals surface area contributed by atoms with Crippen LogP contribution in [-0.4, -0.2) is 39.4 Å². The highest BCUT2D eigenvalue weighted by Gasteiger charge is 2.26. The normalized spacial score (nSPS) is 11.9. The van der Waals surface area contributed by atoms with Crippen molar-refractivity contribution in [1.29, 1.82) is 0 Å². The molecule has 35 heavy (non-hydrogen) atoms. The van der Waals surface area contributed by atoms with Crippen LogP contribution >= 0.6 is 11.8 Å². The molecule has 3 aromatic rings. The fourth-order valence-electron chi connectivity index (χ4n) is 3.62. The molecular formula is C26H33N5O3S. The highest BCUT2D eigenvalue weighted by molar-refractivity contribution is 7.99. The highest BCUT2D eigenvalue weighted by atomic mass is 32.2. The van der Waals surface area contributed by atoms with Crippen LogP contribution in [0.5, 0.6) is 5.75 Å². The minimum Gasteiger partial charge on any atom is -0.497 e. The Hall–Kier alpha value is -3.33. The molecule has 0 aliphatic rings. The fourth-order valence-corrected chi connectivity index (χ4v) is 4.43. The minimum atomic E-state index is -0.338. The average Bonchev–Trinajstić information content (AvgIpc) is 3.25. The minimum absolute atomic E-state index is 0.0807. The zero-order valence-corrected chi connectivity index (χ0v) is 21.9. The van der Waals surface area contributed by atoms with E-state index in [0.29, 0.717) is 28.8 Å². The van der Waals surface area contributed by atoms with E-state index in [-0.39, 0.29) is 29.5 Å². The van der Waals surface area contributed by atoms with Gasteiger partial charge in [0.2, 0.25) is 5.91 Å². The zero-order chi connectivity index (χ0) is 25.5. The van der Waals surface area contributed by atoms with Gasteiger partial charge in [0.25, 0.3) is 5.91 Å². The molecule has 2 amide bonds. The van der Waals surface area contributed by atoms with E-state index in [4.69, 9.17) is 4.74 Å². The van der Waals surface area contributed by atoms with Crippen LogP contribution < -0.4 is 15.4 Å². The first-order valence-corrected chi connectivity index (χ1v) is 12.6. The molecule has 0 saturated carbocycles. The zero-order valence-electron chi connectivity index (χ0n) is 21.1. The molecule has 2 aromatic carbocycles. The van der Waals surface area contributed by atoms with Gasteiger partial charge in [0.1, 0.15) is 5.75 Å². The van der Waals surface area contributed by atoms with Crippen molar-refractivity contribution in [3.63, 3.8) is 0 Å². The van der Waals surface area contributed by atoms with Crippen molar-refractivity contribution in [1.82, 2.24) is 20.1 Å². The Labute approximate surface area is 210 Å². The van der Waals surface area contributed by atoms with Crippen molar-refractivity contribution in [2.24, 2.45) is 5.92 Å². The fraction of sp³-hybridized carbons (Fsp3) is 0.385. The van der Waals surface area contributed by atoms with E-state index in [1.807, 2.05) is 57.4 Å². The summed E-state index contributed by atoms with van der Waals surface area (Å²) in [4.78, 5) is 25.5. The number of hydrogen-bond acceptors (Lipinski definition) is 6. The predicted molar refractivity (Wildman–Crippen MR) is 139 cm³/mol. The van der Waals surface area contributed by atoms with Gasteiger partial charge >= 0.3 is 0 Å². The van der Waals surface area contributed by atoms with Crippen LogP contribution in [0.4, 0.5) is 5.69 Å². The van der Waals surface area contributed by atoms with Crippen LogP contribution in [0.2, 0.25) is 0 Å². The average molecular weight is 496 g/mol. The number of hydrogen-bond donors (Lipinski definition) is 2. The lowest BCUT2D eigenvalue weighted by molar-refractivity contribution is -0.113. The van der Waals surface area contributed by atoms with Gasteiger partial charge in [0, 0.05) is 17.8 Å². The molecule has 0 saturated heterocycles. The SMILES string of the molecule is CCn1c(SCC(=O)Nc2cc(C)ccc2C)nnc1C(NC(=O)c1ccc(OC)cc1)C(C)C. The topological polar surface area (TPSA) is 98.1 Å². The molecule has 0 spiro atoms. The second kappa shape index (κ2) is 11.9. The van der Waals surface area contributed by atoms with Crippen LogP contribution in [0.15, 0.2) is 47.6 Å². The summed E-state index contributed by atoms with van der Waals surface area (Å²) in [6.45, 7) is 10.6. The maximum Gasteiger partial charge on any atom is 0.251 e. The van der Waals surface area contributed by atoms with Crippen molar-refractivity contribution >= 4 is 29.3 Å². The van der Waals surface area contributed by atoms with Crippen LogP contribution in [0.3, 0.4) is 0 Å². The Balaban J connectivity index is 1.71. The first kappa shape index (κ1) is 26.3. The number of amides is 2. The number of carbonyl (C=O) groups is 2.